The molecule has 2 aromatic rings. The highest BCUT2D eigenvalue weighted by atomic mass is 127. The lowest BCUT2D eigenvalue weighted by molar-refractivity contribution is 0.328. The van der Waals surface area contributed by atoms with Crippen molar-refractivity contribution in [3.8, 4) is 5.75 Å². The molecule has 31 heavy (non-hydrogen) atoms. The molecule has 1 unspecified atom stereocenters. The zero-order valence-electron chi connectivity index (χ0n) is 18.4. The second-order valence-corrected chi connectivity index (χ2v) is 7.70. The summed E-state index contributed by atoms with van der Waals surface area (Å²) in [5.41, 5.74) is 2.52. The van der Waals surface area contributed by atoms with Crippen molar-refractivity contribution in [3.05, 3.63) is 78.4 Å². The van der Waals surface area contributed by atoms with Crippen molar-refractivity contribution in [3.63, 3.8) is 0 Å². The molecule has 1 aliphatic rings. The quantitative estimate of drug-likeness (QED) is 0.209. The fourth-order valence-corrected chi connectivity index (χ4v) is 3.79. The molecule has 0 aliphatic carbocycles. The fraction of sp³-hybridized carbons (Fsp3) is 0.400. The van der Waals surface area contributed by atoms with Crippen LogP contribution in [0.5, 0.6) is 5.75 Å². The Bertz CT molecular complexity index is 812. The van der Waals surface area contributed by atoms with E-state index in [9.17, 15) is 0 Å². The minimum Gasteiger partial charge on any atom is -0.489 e. The molecule has 1 heterocycles. The first-order valence-electron chi connectivity index (χ1n) is 10.8. The van der Waals surface area contributed by atoms with Gasteiger partial charge in [-0.25, -0.2) is 0 Å². The summed E-state index contributed by atoms with van der Waals surface area (Å²) in [5.74, 6) is 2.36. The summed E-state index contributed by atoms with van der Waals surface area (Å²) >= 11 is 0. The molecule has 0 spiro atoms. The number of para-hydroxylation sites is 1. The molecule has 1 aliphatic heterocycles. The van der Waals surface area contributed by atoms with Gasteiger partial charge in [0.25, 0.3) is 0 Å². The predicted molar refractivity (Wildman–Crippen MR) is 140 cm³/mol. The average molecular weight is 534 g/mol. The zero-order chi connectivity index (χ0) is 21.0. The molecular formula is C25H35IN4O. The maximum Gasteiger partial charge on any atom is 0.191 e. The number of rotatable bonds is 10. The van der Waals surface area contributed by atoms with Crippen molar-refractivity contribution >= 4 is 29.9 Å². The van der Waals surface area contributed by atoms with Crippen LogP contribution in [0.25, 0.3) is 0 Å². The molecule has 5 nitrogen and oxygen atoms in total. The average Bonchev–Trinajstić information content (AvgIpc) is 3.25. The molecule has 0 saturated carbocycles. The number of likely N-dealkylation sites (tertiary alicyclic amines) is 1. The number of nitrogens with one attached hydrogen (secondary N) is 2. The summed E-state index contributed by atoms with van der Waals surface area (Å²) in [6.45, 7) is 9.29. The molecule has 0 amide bonds. The van der Waals surface area contributed by atoms with Gasteiger partial charge in [0.15, 0.2) is 5.96 Å². The van der Waals surface area contributed by atoms with Crippen LogP contribution in [0.3, 0.4) is 0 Å². The maximum absolute atomic E-state index is 5.74. The summed E-state index contributed by atoms with van der Waals surface area (Å²) in [5, 5.41) is 6.90. The van der Waals surface area contributed by atoms with Gasteiger partial charge in [0.1, 0.15) is 12.4 Å². The first-order chi connectivity index (χ1) is 14.8. The highest BCUT2D eigenvalue weighted by Crippen LogP contribution is 2.18. The number of aliphatic imine (C=N–C) groups is 1. The smallest absolute Gasteiger partial charge is 0.191 e. The number of benzene rings is 2. The Kier molecular flexibility index (Phi) is 11.5. The maximum atomic E-state index is 5.74. The van der Waals surface area contributed by atoms with Crippen molar-refractivity contribution in [2.75, 3.05) is 39.8 Å². The minimum atomic E-state index is 0. The van der Waals surface area contributed by atoms with Crippen LogP contribution >= 0.6 is 24.0 Å². The van der Waals surface area contributed by atoms with Crippen LogP contribution in [0.15, 0.2) is 72.2 Å². The number of hydrogen-bond donors (Lipinski definition) is 2. The largest absolute Gasteiger partial charge is 0.489 e. The Labute approximate surface area is 204 Å². The van der Waals surface area contributed by atoms with E-state index in [4.69, 9.17) is 4.74 Å². The van der Waals surface area contributed by atoms with E-state index >= 15 is 0 Å². The zero-order valence-corrected chi connectivity index (χ0v) is 20.8. The van der Waals surface area contributed by atoms with Crippen molar-refractivity contribution in [2.24, 2.45) is 10.9 Å². The van der Waals surface area contributed by atoms with Gasteiger partial charge in [0.2, 0.25) is 0 Å². The molecule has 2 N–H and O–H groups in total. The lowest BCUT2D eigenvalue weighted by Gasteiger charge is -2.18. The molecule has 0 radical (unpaired) electrons. The number of ether oxygens (including phenoxy) is 1. The number of hydrogen-bond acceptors (Lipinski definition) is 3. The van der Waals surface area contributed by atoms with Crippen LogP contribution in [-0.4, -0.2) is 50.7 Å². The van der Waals surface area contributed by atoms with Crippen LogP contribution in [0.2, 0.25) is 0 Å². The Hall–Kier alpha value is -2.06. The molecule has 3 rings (SSSR count). The molecule has 6 heteroatoms. The first-order valence-corrected chi connectivity index (χ1v) is 10.8. The second-order valence-electron chi connectivity index (χ2n) is 7.70. The van der Waals surface area contributed by atoms with E-state index in [1.807, 2.05) is 25.2 Å². The lowest BCUT2D eigenvalue weighted by atomic mass is 10.1. The van der Waals surface area contributed by atoms with Gasteiger partial charge in [0.05, 0.1) is 0 Å². The standard InChI is InChI=1S/C25H34N4O.HI/c1-3-17-30-24-12-8-7-11-23(24)19-28-25(26-2)27-18-22-14-16-29(20-22)15-13-21-9-5-4-6-10-21;/h3-12,22H,1,13-20H2,2H3,(H2,26,27,28);1H. The van der Waals surface area contributed by atoms with Gasteiger partial charge in [-0.1, -0.05) is 61.2 Å². The van der Waals surface area contributed by atoms with Gasteiger partial charge in [0, 0.05) is 38.8 Å². The van der Waals surface area contributed by atoms with E-state index in [-0.39, 0.29) is 24.0 Å². The summed E-state index contributed by atoms with van der Waals surface area (Å²) in [6.07, 6.45) is 4.12. The lowest BCUT2D eigenvalue weighted by Crippen LogP contribution is -2.40. The van der Waals surface area contributed by atoms with Crippen molar-refractivity contribution in [2.45, 2.75) is 19.4 Å². The normalized spacial score (nSPS) is 16.4. The SMILES string of the molecule is C=CCOc1ccccc1CNC(=NC)NCC1CCN(CCc2ccccc2)C1.I. The number of nitrogens with zero attached hydrogens (tertiary/aromatic N) is 2. The highest BCUT2D eigenvalue weighted by molar-refractivity contribution is 14.0. The predicted octanol–water partition coefficient (Wildman–Crippen LogP) is 4.10. The third kappa shape index (κ3) is 8.53. The molecule has 0 aromatic heterocycles. The Balaban J connectivity index is 0.00000341. The third-order valence-corrected chi connectivity index (χ3v) is 5.49. The third-order valence-electron chi connectivity index (χ3n) is 5.49. The van der Waals surface area contributed by atoms with Gasteiger partial charge in [-0.3, -0.25) is 4.99 Å². The monoisotopic (exact) mass is 534 g/mol. The Morgan fingerprint density at radius 2 is 1.94 bits per heavy atom. The number of guanidine groups is 1. The number of halogens is 1. The van der Waals surface area contributed by atoms with Gasteiger partial charge < -0.3 is 20.3 Å². The van der Waals surface area contributed by atoms with Gasteiger partial charge in [-0.05, 0) is 36.9 Å². The molecule has 1 atom stereocenters. The molecule has 1 fully saturated rings. The fourth-order valence-electron chi connectivity index (χ4n) is 3.79. The van der Waals surface area contributed by atoms with E-state index in [0.29, 0.717) is 19.1 Å². The van der Waals surface area contributed by atoms with E-state index in [1.165, 1.54) is 18.5 Å². The summed E-state index contributed by atoms with van der Waals surface area (Å²) in [4.78, 5) is 6.95. The van der Waals surface area contributed by atoms with Crippen molar-refractivity contribution in [1.29, 1.82) is 0 Å². The molecule has 2 aromatic carbocycles. The molecule has 0 bridgehead atoms. The summed E-state index contributed by atoms with van der Waals surface area (Å²) in [7, 11) is 1.82. The summed E-state index contributed by atoms with van der Waals surface area (Å²) < 4.78 is 5.74. The van der Waals surface area contributed by atoms with Gasteiger partial charge >= 0.3 is 0 Å². The van der Waals surface area contributed by atoms with Crippen LogP contribution < -0.4 is 15.4 Å². The Morgan fingerprint density at radius 1 is 1.16 bits per heavy atom. The minimum absolute atomic E-state index is 0. The molecular weight excluding hydrogens is 499 g/mol. The second kappa shape index (κ2) is 14.1. The van der Waals surface area contributed by atoms with Gasteiger partial charge in [-0.15, -0.1) is 24.0 Å². The van der Waals surface area contributed by atoms with E-state index < -0.39 is 0 Å². The van der Waals surface area contributed by atoms with Crippen LogP contribution in [0.4, 0.5) is 0 Å². The highest BCUT2D eigenvalue weighted by Gasteiger charge is 2.22. The Morgan fingerprint density at radius 3 is 2.71 bits per heavy atom. The van der Waals surface area contributed by atoms with E-state index in [1.54, 1.807) is 6.08 Å². The van der Waals surface area contributed by atoms with Crippen LogP contribution in [0, 0.1) is 5.92 Å². The van der Waals surface area contributed by atoms with E-state index in [0.717, 1.165) is 43.3 Å². The van der Waals surface area contributed by atoms with Crippen LogP contribution in [0.1, 0.15) is 17.5 Å². The van der Waals surface area contributed by atoms with Crippen molar-refractivity contribution < 1.29 is 4.74 Å². The van der Waals surface area contributed by atoms with Crippen molar-refractivity contribution in [1.82, 2.24) is 15.5 Å². The van der Waals surface area contributed by atoms with E-state index in [2.05, 4.69) is 63.5 Å². The van der Waals surface area contributed by atoms with Gasteiger partial charge in [-0.2, -0.15) is 0 Å². The van der Waals surface area contributed by atoms with Crippen LogP contribution in [-0.2, 0) is 13.0 Å². The molecule has 1 saturated heterocycles. The topological polar surface area (TPSA) is 48.9 Å². The molecule has 168 valence electrons. The first kappa shape index (κ1) is 25.2. The summed E-state index contributed by atoms with van der Waals surface area (Å²) in [6, 6.07) is 18.8.